The van der Waals surface area contributed by atoms with Gasteiger partial charge in [-0.15, -0.1) is 0 Å². The van der Waals surface area contributed by atoms with Crippen LogP contribution in [-0.2, 0) is 6.54 Å². The van der Waals surface area contributed by atoms with Crippen molar-refractivity contribution in [2.24, 2.45) is 5.73 Å². The second-order valence-corrected chi connectivity index (χ2v) is 3.48. The van der Waals surface area contributed by atoms with Gasteiger partial charge in [-0.25, -0.2) is 4.98 Å². The molecule has 0 unspecified atom stereocenters. The molecule has 0 aromatic carbocycles. The molecule has 2 rings (SSSR count). The van der Waals surface area contributed by atoms with E-state index in [1.807, 2.05) is 6.20 Å². The first-order chi connectivity index (χ1) is 6.40. The number of aromatic nitrogens is 2. The number of aromatic amines is 1. The Kier molecular flexibility index (Phi) is 2.49. The zero-order chi connectivity index (χ0) is 9.10. The number of H-pyrrole nitrogens is 1. The molecule has 2 heterocycles. The Bertz CT molecular complexity index is 262. The van der Waals surface area contributed by atoms with Crippen LogP contribution in [-0.4, -0.2) is 23.1 Å². The molecule has 0 radical (unpaired) electrons. The molecule has 1 aliphatic rings. The van der Waals surface area contributed by atoms with E-state index < -0.39 is 0 Å². The molecular weight excluding hydrogens is 164 g/mol. The molecule has 1 saturated heterocycles. The molecule has 0 aliphatic carbocycles. The van der Waals surface area contributed by atoms with Crippen LogP contribution in [0.4, 0.5) is 5.95 Å². The van der Waals surface area contributed by atoms with Gasteiger partial charge in [-0.05, 0) is 19.3 Å². The molecule has 0 saturated carbocycles. The van der Waals surface area contributed by atoms with Crippen molar-refractivity contribution in [3.05, 3.63) is 11.9 Å². The van der Waals surface area contributed by atoms with Crippen LogP contribution < -0.4 is 10.6 Å². The number of nitrogens with one attached hydrogen (secondary N) is 1. The lowest BCUT2D eigenvalue weighted by atomic mass is 10.1. The summed E-state index contributed by atoms with van der Waals surface area (Å²) in [7, 11) is 0. The van der Waals surface area contributed by atoms with Gasteiger partial charge < -0.3 is 15.6 Å². The van der Waals surface area contributed by atoms with Crippen molar-refractivity contribution in [2.75, 3.05) is 18.0 Å². The topological polar surface area (TPSA) is 57.9 Å². The Labute approximate surface area is 78.1 Å². The molecule has 3 N–H and O–H groups in total. The van der Waals surface area contributed by atoms with Crippen LogP contribution in [0.25, 0.3) is 0 Å². The molecular formula is C9H16N4. The second kappa shape index (κ2) is 3.79. The lowest BCUT2D eigenvalue weighted by Crippen LogP contribution is -2.30. The summed E-state index contributed by atoms with van der Waals surface area (Å²) in [5.41, 5.74) is 6.52. The van der Waals surface area contributed by atoms with E-state index >= 15 is 0 Å². The summed E-state index contributed by atoms with van der Waals surface area (Å²) >= 11 is 0. The van der Waals surface area contributed by atoms with Gasteiger partial charge in [0.1, 0.15) is 0 Å². The summed E-state index contributed by atoms with van der Waals surface area (Å²) < 4.78 is 0. The Hall–Kier alpha value is -1.03. The predicted molar refractivity (Wildman–Crippen MR) is 52.5 cm³/mol. The van der Waals surface area contributed by atoms with Gasteiger partial charge in [0.05, 0.1) is 6.20 Å². The normalized spacial score (nSPS) is 17.8. The first-order valence-corrected chi connectivity index (χ1v) is 4.89. The molecule has 0 atom stereocenters. The largest absolute Gasteiger partial charge is 0.342 e. The van der Waals surface area contributed by atoms with Gasteiger partial charge in [0.25, 0.3) is 0 Å². The minimum absolute atomic E-state index is 0.542. The fraction of sp³-hybridized carbons (Fsp3) is 0.667. The number of piperidine rings is 1. The standard InChI is InChI=1S/C9H16N4/c10-6-8-7-11-9(12-8)13-4-2-1-3-5-13/h7H,1-6,10H2,(H,11,12). The Balaban J connectivity index is 2.05. The molecule has 0 amide bonds. The summed E-state index contributed by atoms with van der Waals surface area (Å²) in [6.07, 6.45) is 5.72. The van der Waals surface area contributed by atoms with Crippen molar-refractivity contribution >= 4 is 5.95 Å². The number of hydrogen-bond acceptors (Lipinski definition) is 3. The maximum atomic E-state index is 5.50. The molecule has 1 aromatic rings. The molecule has 0 bridgehead atoms. The second-order valence-electron chi connectivity index (χ2n) is 3.48. The third-order valence-corrected chi connectivity index (χ3v) is 2.49. The van der Waals surface area contributed by atoms with E-state index in [0.717, 1.165) is 24.7 Å². The summed E-state index contributed by atoms with van der Waals surface area (Å²) in [6.45, 7) is 2.79. The SMILES string of the molecule is NCc1cnc(N2CCCCC2)[nH]1. The Morgan fingerprint density at radius 2 is 2.15 bits per heavy atom. The van der Waals surface area contributed by atoms with Gasteiger partial charge in [-0.3, -0.25) is 0 Å². The van der Waals surface area contributed by atoms with Crippen LogP contribution in [0.3, 0.4) is 0 Å². The molecule has 13 heavy (non-hydrogen) atoms. The highest BCUT2D eigenvalue weighted by atomic mass is 15.3. The predicted octanol–water partition coefficient (Wildman–Crippen LogP) is 0.859. The number of nitrogens with two attached hydrogens (primary N) is 1. The highest BCUT2D eigenvalue weighted by molar-refractivity contribution is 5.31. The molecule has 1 fully saturated rings. The fourth-order valence-corrected chi connectivity index (χ4v) is 1.72. The highest BCUT2D eigenvalue weighted by Gasteiger charge is 2.12. The first kappa shape index (κ1) is 8.56. The average Bonchev–Trinajstić information content (AvgIpc) is 2.67. The minimum Gasteiger partial charge on any atom is -0.342 e. The van der Waals surface area contributed by atoms with Crippen LogP contribution in [0.15, 0.2) is 6.20 Å². The van der Waals surface area contributed by atoms with Crippen LogP contribution in [0.1, 0.15) is 25.0 Å². The summed E-state index contributed by atoms with van der Waals surface area (Å²) in [5.74, 6) is 0.986. The van der Waals surface area contributed by atoms with Gasteiger partial charge in [0, 0.05) is 25.3 Å². The van der Waals surface area contributed by atoms with E-state index in [-0.39, 0.29) is 0 Å². The zero-order valence-corrected chi connectivity index (χ0v) is 7.79. The van der Waals surface area contributed by atoms with Crippen molar-refractivity contribution in [3.8, 4) is 0 Å². The van der Waals surface area contributed by atoms with Gasteiger partial charge >= 0.3 is 0 Å². The number of nitrogens with zero attached hydrogens (tertiary/aromatic N) is 2. The van der Waals surface area contributed by atoms with Crippen LogP contribution >= 0.6 is 0 Å². The molecule has 1 aromatic heterocycles. The number of rotatable bonds is 2. The van der Waals surface area contributed by atoms with Crippen molar-refractivity contribution in [2.45, 2.75) is 25.8 Å². The number of anilines is 1. The number of imidazole rings is 1. The maximum Gasteiger partial charge on any atom is 0.202 e. The average molecular weight is 180 g/mol. The van der Waals surface area contributed by atoms with Crippen LogP contribution in [0.5, 0.6) is 0 Å². The molecule has 4 nitrogen and oxygen atoms in total. The lowest BCUT2D eigenvalue weighted by Gasteiger charge is -2.25. The quantitative estimate of drug-likeness (QED) is 0.709. The highest BCUT2D eigenvalue weighted by Crippen LogP contribution is 2.15. The maximum absolute atomic E-state index is 5.50. The van der Waals surface area contributed by atoms with Gasteiger partial charge in [0.2, 0.25) is 5.95 Å². The van der Waals surface area contributed by atoms with Gasteiger partial charge in [-0.2, -0.15) is 0 Å². The third kappa shape index (κ3) is 1.83. The van der Waals surface area contributed by atoms with E-state index in [4.69, 9.17) is 5.73 Å². The lowest BCUT2D eigenvalue weighted by molar-refractivity contribution is 0.569. The number of hydrogen-bond donors (Lipinski definition) is 2. The Morgan fingerprint density at radius 3 is 2.77 bits per heavy atom. The molecule has 0 spiro atoms. The molecule has 72 valence electrons. The van der Waals surface area contributed by atoms with Crippen LogP contribution in [0, 0.1) is 0 Å². The van der Waals surface area contributed by atoms with Gasteiger partial charge in [0.15, 0.2) is 0 Å². The van der Waals surface area contributed by atoms with E-state index in [2.05, 4.69) is 14.9 Å². The molecule has 4 heteroatoms. The molecule has 1 aliphatic heterocycles. The van der Waals surface area contributed by atoms with E-state index in [1.165, 1.54) is 19.3 Å². The van der Waals surface area contributed by atoms with Crippen molar-refractivity contribution in [1.29, 1.82) is 0 Å². The smallest absolute Gasteiger partial charge is 0.202 e. The van der Waals surface area contributed by atoms with E-state index in [0.29, 0.717) is 6.54 Å². The van der Waals surface area contributed by atoms with Gasteiger partial charge in [-0.1, -0.05) is 0 Å². The summed E-state index contributed by atoms with van der Waals surface area (Å²) in [4.78, 5) is 9.82. The monoisotopic (exact) mass is 180 g/mol. The van der Waals surface area contributed by atoms with Crippen molar-refractivity contribution < 1.29 is 0 Å². The van der Waals surface area contributed by atoms with Crippen molar-refractivity contribution in [3.63, 3.8) is 0 Å². The third-order valence-electron chi connectivity index (χ3n) is 2.49. The first-order valence-electron chi connectivity index (χ1n) is 4.89. The summed E-state index contributed by atoms with van der Waals surface area (Å²) in [6, 6.07) is 0. The zero-order valence-electron chi connectivity index (χ0n) is 7.79. The Morgan fingerprint density at radius 1 is 1.38 bits per heavy atom. The van der Waals surface area contributed by atoms with Crippen molar-refractivity contribution in [1.82, 2.24) is 9.97 Å². The summed E-state index contributed by atoms with van der Waals surface area (Å²) in [5, 5.41) is 0. The minimum atomic E-state index is 0.542. The van der Waals surface area contributed by atoms with E-state index in [9.17, 15) is 0 Å². The van der Waals surface area contributed by atoms with E-state index in [1.54, 1.807) is 0 Å². The van der Waals surface area contributed by atoms with Crippen LogP contribution in [0.2, 0.25) is 0 Å². The fourth-order valence-electron chi connectivity index (χ4n) is 1.72.